The van der Waals surface area contributed by atoms with Gasteiger partial charge in [-0.3, -0.25) is 9.10 Å². The van der Waals surface area contributed by atoms with E-state index in [0.29, 0.717) is 12.2 Å². The number of anilines is 2. The lowest BCUT2D eigenvalue weighted by molar-refractivity contribution is -0.117. The van der Waals surface area contributed by atoms with Crippen LogP contribution in [-0.4, -0.2) is 27.4 Å². The first-order valence-corrected chi connectivity index (χ1v) is 11.4. The zero-order valence-electron chi connectivity index (χ0n) is 15.5. The third kappa shape index (κ3) is 3.93. The van der Waals surface area contributed by atoms with Gasteiger partial charge in [0, 0.05) is 16.7 Å². The molecule has 0 aliphatic carbocycles. The molecule has 5 nitrogen and oxygen atoms in total. The quantitative estimate of drug-likeness (QED) is 0.560. The molecule has 29 heavy (non-hydrogen) atoms. The highest BCUT2D eigenvalue weighted by molar-refractivity contribution is 9.10. The number of rotatable bonds is 5. The molecule has 0 radical (unpaired) electrons. The molecule has 3 aromatic carbocycles. The molecule has 1 amide bonds. The van der Waals surface area contributed by atoms with Gasteiger partial charge in [-0.1, -0.05) is 58.4 Å². The van der Waals surface area contributed by atoms with Crippen molar-refractivity contribution in [1.29, 1.82) is 0 Å². The van der Waals surface area contributed by atoms with Crippen molar-refractivity contribution in [3.63, 3.8) is 0 Å². The number of benzene rings is 3. The molecule has 0 atom stereocenters. The van der Waals surface area contributed by atoms with E-state index in [1.807, 2.05) is 30.3 Å². The van der Waals surface area contributed by atoms with Crippen molar-refractivity contribution in [2.24, 2.45) is 0 Å². The molecule has 0 bridgehead atoms. The summed E-state index contributed by atoms with van der Waals surface area (Å²) >= 11 is 3.39. The Morgan fingerprint density at radius 3 is 2.45 bits per heavy atom. The molecule has 1 aliphatic heterocycles. The molecule has 0 spiro atoms. The highest BCUT2D eigenvalue weighted by atomic mass is 79.9. The lowest BCUT2D eigenvalue weighted by Gasteiger charge is -2.27. The van der Waals surface area contributed by atoms with Crippen LogP contribution in [0, 0.1) is 0 Å². The van der Waals surface area contributed by atoms with Crippen LogP contribution in [0.25, 0.3) is 0 Å². The predicted molar refractivity (Wildman–Crippen MR) is 118 cm³/mol. The van der Waals surface area contributed by atoms with E-state index >= 15 is 0 Å². The van der Waals surface area contributed by atoms with E-state index in [1.54, 1.807) is 41.3 Å². The number of hydrogen-bond acceptors (Lipinski definition) is 3. The first-order valence-electron chi connectivity index (χ1n) is 9.18. The van der Waals surface area contributed by atoms with Crippen LogP contribution < -0.4 is 9.21 Å². The van der Waals surface area contributed by atoms with E-state index in [0.717, 1.165) is 22.1 Å². The minimum absolute atomic E-state index is 0.148. The minimum atomic E-state index is -3.91. The topological polar surface area (TPSA) is 57.7 Å². The van der Waals surface area contributed by atoms with Crippen LogP contribution in [0.3, 0.4) is 0 Å². The number of hydrogen-bond donors (Lipinski definition) is 0. The number of carbonyl (C=O) groups excluding carboxylic acids is 1. The van der Waals surface area contributed by atoms with Crippen molar-refractivity contribution in [3.8, 4) is 0 Å². The lowest BCUT2D eigenvalue weighted by atomic mass is 10.2. The van der Waals surface area contributed by atoms with Crippen molar-refractivity contribution in [1.82, 2.24) is 0 Å². The molecule has 1 heterocycles. The van der Waals surface area contributed by atoms with Crippen molar-refractivity contribution in [2.45, 2.75) is 11.3 Å². The zero-order valence-corrected chi connectivity index (χ0v) is 17.9. The number of sulfonamides is 1. The van der Waals surface area contributed by atoms with Crippen LogP contribution in [0.4, 0.5) is 11.4 Å². The summed E-state index contributed by atoms with van der Waals surface area (Å²) in [4.78, 5) is 15.0. The normalized spacial score (nSPS) is 13.2. The number of nitrogens with zero attached hydrogens (tertiary/aromatic N) is 2. The monoisotopic (exact) mass is 470 g/mol. The molecule has 0 unspecified atom stereocenters. The van der Waals surface area contributed by atoms with Crippen LogP contribution in [0.2, 0.25) is 0 Å². The second kappa shape index (κ2) is 8.00. The standard InChI is InChI=1S/C22H19BrN2O3S/c23-18-8-6-9-19(15-18)25(29(27,28)20-10-2-1-3-11-20)16-22(26)24-14-13-17-7-4-5-12-21(17)24/h1-12,15H,13-14,16H2. The van der Waals surface area contributed by atoms with Crippen molar-refractivity contribution >= 4 is 43.2 Å². The van der Waals surface area contributed by atoms with E-state index in [2.05, 4.69) is 15.9 Å². The third-order valence-corrected chi connectivity index (χ3v) is 7.18. The average molecular weight is 471 g/mol. The van der Waals surface area contributed by atoms with Gasteiger partial charge in [0.05, 0.1) is 10.6 Å². The van der Waals surface area contributed by atoms with Crippen LogP contribution in [-0.2, 0) is 21.2 Å². The van der Waals surface area contributed by atoms with Gasteiger partial charge in [-0.25, -0.2) is 8.42 Å². The fourth-order valence-corrected chi connectivity index (χ4v) is 5.29. The minimum Gasteiger partial charge on any atom is -0.310 e. The molecule has 3 aromatic rings. The molecule has 0 fully saturated rings. The Morgan fingerprint density at radius 1 is 0.966 bits per heavy atom. The summed E-state index contributed by atoms with van der Waals surface area (Å²) in [5.74, 6) is -0.255. The highest BCUT2D eigenvalue weighted by Gasteiger charge is 2.31. The van der Waals surface area contributed by atoms with E-state index in [-0.39, 0.29) is 17.3 Å². The van der Waals surface area contributed by atoms with Gasteiger partial charge in [0.15, 0.2) is 0 Å². The summed E-state index contributed by atoms with van der Waals surface area (Å²) in [5.41, 5.74) is 2.38. The smallest absolute Gasteiger partial charge is 0.264 e. The van der Waals surface area contributed by atoms with E-state index < -0.39 is 10.0 Å². The molecule has 0 N–H and O–H groups in total. The summed E-state index contributed by atoms with van der Waals surface area (Å²) in [6, 6.07) is 22.9. The molecule has 0 saturated carbocycles. The number of fused-ring (bicyclic) bond motifs is 1. The summed E-state index contributed by atoms with van der Waals surface area (Å²) in [5, 5.41) is 0. The van der Waals surface area contributed by atoms with Gasteiger partial charge < -0.3 is 4.90 Å². The Balaban J connectivity index is 1.71. The summed E-state index contributed by atoms with van der Waals surface area (Å²) in [7, 11) is -3.91. The Labute approximate surface area is 178 Å². The summed E-state index contributed by atoms with van der Waals surface area (Å²) < 4.78 is 28.7. The van der Waals surface area contributed by atoms with Gasteiger partial charge in [0.25, 0.3) is 10.0 Å². The fourth-order valence-electron chi connectivity index (χ4n) is 3.47. The molecule has 7 heteroatoms. The van der Waals surface area contributed by atoms with Gasteiger partial charge >= 0.3 is 0 Å². The molecule has 1 aliphatic rings. The van der Waals surface area contributed by atoms with Crippen molar-refractivity contribution in [2.75, 3.05) is 22.3 Å². The van der Waals surface area contributed by atoms with Gasteiger partial charge in [0.2, 0.25) is 5.91 Å². The number of carbonyl (C=O) groups is 1. The number of para-hydroxylation sites is 1. The summed E-state index contributed by atoms with van der Waals surface area (Å²) in [6.45, 7) is 0.276. The van der Waals surface area contributed by atoms with Crippen LogP contribution in [0.1, 0.15) is 5.56 Å². The molecule has 0 saturated heterocycles. The Hall–Kier alpha value is -2.64. The third-order valence-electron chi connectivity index (χ3n) is 4.89. The largest absolute Gasteiger partial charge is 0.310 e. The van der Waals surface area contributed by atoms with Crippen LogP contribution >= 0.6 is 15.9 Å². The van der Waals surface area contributed by atoms with E-state index in [9.17, 15) is 13.2 Å². The van der Waals surface area contributed by atoms with Gasteiger partial charge in [-0.2, -0.15) is 0 Å². The average Bonchev–Trinajstić information content (AvgIpc) is 3.16. The van der Waals surface area contributed by atoms with Gasteiger partial charge in [0.1, 0.15) is 6.54 Å². The second-order valence-electron chi connectivity index (χ2n) is 6.73. The first-order chi connectivity index (χ1) is 14.0. The first kappa shape index (κ1) is 19.7. The van der Waals surface area contributed by atoms with Crippen LogP contribution in [0.15, 0.2) is 88.2 Å². The fraction of sp³-hybridized carbons (Fsp3) is 0.136. The molecule has 4 rings (SSSR count). The zero-order chi connectivity index (χ0) is 20.4. The van der Waals surface area contributed by atoms with Crippen molar-refractivity contribution < 1.29 is 13.2 Å². The van der Waals surface area contributed by atoms with Crippen LogP contribution in [0.5, 0.6) is 0 Å². The molecular formula is C22H19BrN2O3S. The Bertz CT molecular complexity index is 1150. The van der Waals surface area contributed by atoms with Gasteiger partial charge in [-0.15, -0.1) is 0 Å². The second-order valence-corrected chi connectivity index (χ2v) is 9.51. The van der Waals surface area contributed by atoms with E-state index in [4.69, 9.17) is 0 Å². The number of amides is 1. The summed E-state index contributed by atoms with van der Waals surface area (Å²) in [6.07, 6.45) is 0.768. The highest BCUT2D eigenvalue weighted by Crippen LogP contribution is 2.30. The SMILES string of the molecule is O=C(CN(c1cccc(Br)c1)S(=O)(=O)c1ccccc1)N1CCc2ccccc21. The molecule has 0 aromatic heterocycles. The van der Waals surface area contributed by atoms with Gasteiger partial charge in [-0.05, 0) is 48.4 Å². The number of halogens is 1. The lowest BCUT2D eigenvalue weighted by Crippen LogP contribution is -2.42. The van der Waals surface area contributed by atoms with Crippen molar-refractivity contribution in [3.05, 3.63) is 88.9 Å². The maximum Gasteiger partial charge on any atom is 0.264 e. The maximum atomic E-state index is 13.4. The molecular weight excluding hydrogens is 452 g/mol. The molecule has 148 valence electrons. The Kier molecular flexibility index (Phi) is 5.43. The predicted octanol–water partition coefficient (Wildman–Crippen LogP) is 4.23. The van der Waals surface area contributed by atoms with E-state index in [1.165, 1.54) is 16.4 Å². The Morgan fingerprint density at radius 2 is 1.69 bits per heavy atom. The maximum absolute atomic E-state index is 13.4.